The van der Waals surface area contributed by atoms with Crippen LogP contribution in [0.4, 0.5) is 0 Å². The molecule has 1 aromatic heterocycles. The van der Waals surface area contributed by atoms with Crippen LogP contribution in [-0.4, -0.2) is 28.6 Å². The second kappa shape index (κ2) is 4.94. The SMILES string of the molecule is CCOC(=O)c1cc(C(N)=NO)ccn1. The number of amidine groups is 1. The molecule has 3 N–H and O–H groups in total. The zero-order valence-electron chi connectivity index (χ0n) is 8.17. The van der Waals surface area contributed by atoms with Gasteiger partial charge in [0.25, 0.3) is 0 Å². The Kier molecular flexibility index (Phi) is 3.61. The molecule has 0 aromatic carbocycles. The fourth-order valence-corrected chi connectivity index (χ4v) is 0.964. The number of rotatable bonds is 3. The summed E-state index contributed by atoms with van der Waals surface area (Å²) < 4.78 is 4.75. The number of nitrogens with two attached hydrogens (primary N) is 1. The largest absolute Gasteiger partial charge is 0.461 e. The molecule has 0 saturated heterocycles. The van der Waals surface area contributed by atoms with Crippen LogP contribution in [0.5, 0.6) is 0 Å². The topological polar surface area (TPSA) is 97.8 Å². The van der Waals surface area contributed by atoms with Gasteiger partial charge in [-0.1, -0.05) is 5.16 Å². The predicted molar refractivity (Wildman–Crippen MR) is 52.7 cm³/mol. The van der Waals surface area contributed by atoms with Crippen LogP contribution in [0.2, 0.25) is 0 Å². The summed E-state index contributed by atoms with van der Waals surface area (Å²) in [6.45, 7) is 1.97. The molecule has 0 saturated carbocycles. The first kappa shape index (κ1) is 11.0. The van der Waals surface area contributed by atoms with Gasteiger partial charge in [-0.25, -0.2) is 9.78 Å². The minimum absolute atomic E-state index is 0.0806. The van der Waals surface area contributed by atoms with E-state index in [4.69, 9.17) is 15.7 Å². The normalized spacial score (nSPS) is 11.1. The Morgan fingerprint density at radius 2 is 2.47 bits per heavy atom. The van der Waals surface area contributed by atoms with Gasteiger partial charge in [0.1, 0.15) is 5.69 Å². The monoisotopic (exact) mass is 209 g/mol. The van der Waals surface area contributed by atoms with Crippen LogP contribution < -0.4 is 5.73 Å². The first-order valence-electron chi connectivity index (χ1n) is 4.30. The number of ether oxygens (including phenoxy) is 1. The maximum Gasteiger partial charge on any atom is 0.356 e. The van der Waals surface area contributed by atoms with Crippen LogP contribution in [-0.2, 0) is 4.74 Å². The number of pyridine rings is 1. The van der Waals surface area contributed by atoms with Gasteiger partial charge in [0.2, 0.25) is 0 Å². The molecule has 0 radical (unpaired) electrons. The average Bonchev–Trinajstić information content (AvgIpc) is 2.28. The lowest BCUT2D eigenvalue weighted by Gasteiger charge is -2.02. The quantitative estimate of drug-likeness (QED) is 0.246. The minimum atomic E-state index is -0.537. The van der Waals surface area contributed by atoms with Gasteiger partial charge < -0.3 is 15.7 Å². The van der Waals surface area contributed by atoms with Crippen molar-refractivity contribution in [2.45, 2.75) is 6.92 Å². The van der Waals surface area contributed by atoms with Crippen molar-refractivity contribution in [2.75, 3.05) is 6.61 Å². The lowest BCUT2D eigenvalue weighted by atomic mass is 10.2. The number of hydrogen-bond acceptors (Lipinski definition) is 5. The molecule has 6 nitrogen and oxygen atoms in total. The van der Waals surface area contributed by atoms with Crippen LogP contribution in [0.15, 0.2) is 23.5 Å². The third kappa shape index (κ3) is 2.67. The van der Waals surface area contributed by atoms with Gasteiger partial charge in [-0.05, 0) is 19.1 Å². The Hall–Kier alpha value is -2.11. The highest BCUT2D eigenvalue weighted by Crippen LogP contribution is 2.03. The van der Waals surface area contributed by atoms with E-state index < -0.39 is 5.97 Å². The van der Waals surface area contributed by atoms with E-state index in [0.29, 0.717) is 5.56 Å². The second-order valence-corrected chi connectivity index (χ2v) is 2.64. The highest BCUT2D eigenvalue weighted by Gasteiger charge is 2.09. The van der Waals surface area contributed by atoms with Gasteiger partial charge in [0.05, 0.1) is 6.61 Å². The van der Waals surface area contributed by atoms with Crippen LogP contribution >= 0.6 is 0 Å². The van der Waals surface area contributed by atoms with E-state index in [0.717, 1.165) is 0 Å². The fourth-order valence-electron chi connectivity index (χ4n) is 0.964. The summed E-state index contributed by atoms with van der Waals surface area (Å²) in [6.07, 6.45) is 1.39. The predicted octanol–water partition coefficient (Wildman–Crippen LogP) is 0.353. The Balaban J connectivity index is 2.97. The molecule has 0 atom stereocenters. The van der Waals surface area contributed by atoms with Gasteiger partial charge >= 0.3 is 5.97 Å². The van der Waals surface area contributed by atoms with E-state index in [1.807, 2.05) is 0 Å². The molecule has 0 unspecified atom stereocenters. The summed E-state index contributed by atoms with van der Waals surface area (Å²) >= 11 is 0. The van der Waals surface area contributed by atoms with Crippen molar-refractivity contribution in [1.82, 2.24) is 4.98 Å². The molecule has 80 valence electrons. The fraction of sp³-hybridized carbons (Fsp3) is 0.222. The third-order valence-corrected chi connectivity index (χ3v) is 1.65. The first-order valence-corrected chi connectivity index (χ1v) is 4.30. The van der Waals surface area contributed by atoms with Gasteiger partial charge in [-0.15, -0.1) is 0 Å². The Labute approximate surface area is 86.4 Å². The van der Waals surface area contributed by atoms with E-state index >= 15 is 0 Å². The average molecular weight is 209 g/mol. The van der Waals surface area contributed by atoms with Crippen molar-refractivity contribution in [3.63, 3.8) is 0 Å². The van der Waals surface area contributed by atoms with Crippen LogP contribution in [0, 0.1) is 0 Å². The molecule has 1 rings (SSSR count). The molecule has 0 bridgehead atoms. The van der Waals surface area contributed by atoms with Crippen molar-refractivity contribution in [3.05, 3.63) is 29.6 Å². The zero-order valence-corrected chi connectivity index (χ0v) is 8.17. The van der Waals surface area contributed by atoms with Crippen LogP contribution in [0.3, 0.4) is 0 Å². The molecule has 0 amide bonds. The second-order valence-electron chi connectivity index (χ2n) is 2.64. The summed E-state index contributed by atoms with van der Waals surface area (Å²) in [5.74, 6) is -0.618. The molecule has 15 heavy (non-hydrogen) atoms. The molecule has 0 aliphatic heterocycles. The van der Waals surface area contributed by atoms with E-state index in [2.05, 4.69) is 10.1 Å². The first-order chi connectivity index (χ1) is 7.19. The van der Waals surface area contributed by atoms with Crippen molar-refractivity contribution in [3.8, 4) is 0 Å². The van der Waals surface area contributed by atoms with E-state index in [9.17, 15) is 4.79 Å². The molecule has 6 heteroatoms. The molecule has 0 aliphatic rings. The molecular weight excluding hydrogens is 198 g/mol. The number of carbonyl (C=O) groups excluding carboxylic acids is 1. The molecular formula is C9H11N3O3. The summed E-state index contributed by atoms with van der Waals surface area (Å²) in [5, 5.41) is 11.3. The maximum absolute atomic E-state index is 11.3. The number of aromatic nitrogens is 1. The minimum Gasteiger partial charge on any atom is -0.461 e. The molecule has 1 heterocycles. The lowest BCUT2D eigenvalue weighted by molar-refractivity contribution is 0.0519. The highest BCUT2D eigenvalue weighted by atomic mass is 16.5. The van der Waals surface area contributed by atoms with E-state index in [-0.39, 0.29) is 18.1 Å². The lowest BCUT2D eigenvalue weighted by Crippen LogP contribution is -2.15. The van der Waals surface area contributed by atoms with Crippen molar-refractivity contribution >= 4 is 11.8 Å². The highest BCUT2D eigenvalue weighted by molar-refractivity contribution is 5.99. The Bertz CT molecular complexity index is 390. The van der Waals surface area contributed by atoms with Crippen LogP contribution in [0.25, 0.3) is 0 Å². The maximum atomic E-state index is 11.3. The summed E-state index contributed by atoms with van der Waals surface area (Å²) in [6, 6.07) is 2.92. The molecule has 1 aromatic rings. The summed E-state index contributed by atoms with van der Waals surface area (Å²) in [7, 11) is 0. The van der Waals surface area contributed by atoms with Gasteiger partial charge in [-0.3, -0.25) is 0 Å². The number of esters is 1. The van der Waals surface area contributed by atoms with Crippen molar-refractivity contribution in [2.24, 2.45) is 10.9 Å². The molecule has 0 fully saturated rings. The smallest absolute Gasteiger partial charge is 0.356 e. The van der Waals surface area contributed by atoms with E-state index in [1.54, 1.807) is 6.92 Å². The summed E-state index contributed by atoms with van der Waals surface area (Å²) in [4.78, 5) is 15.1. The number of nitrogens with zero attached hydrogens (tertiary/aromatic N) is 2. The summed E-state index contributed by atoms with van der Waals surface area (Å²) in [5.41, 5.74) is 5.90. The number of oxime groups is 1. The van der Waals surface area contributed by atoms with Gasteiger partial charge in [0, 0.05) is 11.8 Å². The zero-order chi connectivity index (χ0) is 11.3. The van der Waals surface area contributed by atoms with Crippen molar-refractivity contribution < 1.29 is 14.7 Å². The van der Waals surface area contributed by atoms with Gasteiger partial charge in [-0.2, -0.15) is 0 Å². The van der Waals surface area contributed by atoms with Crippen LogP contribution in [0.1, 0.15) is 23.0 Å². The number of carbonyl (C=O) groups is 1. The molecule has 0 aliphatic carbocycles. The van der Waals surface area contributed by atoms with E-state index in [1.165, 1.54) is 18.3 Å². The Morgan fingerprint density at radius 3 is 3.07 bits per heavy atom. The number of hydrogen-bond donors (Lipinski definition) is 2. The van der Waals surface area contributed by atoms with Crippen molar-refractivity contribution in [1.29, 1.82) is 0 Å². The molecule has 0 spiro atoms. The Morgan fingerprint density at radius 1 is 1.73 bits per heavy atom. The third-order valence-electron chi connectivity index (χ3n) is 1.65. The van der Waals surface area contributed by atoms with Gasteiger partial charge in [0.15, 0.2) is 5.84 Å². The standard InChI is InChI=1S/C9H11N3O3/c1-2-15-9(13)7-5-6(3-4-11-7)8(10)12-14/h3-5,14H,2H2,1H3,(H2,10,12).